The Balaban J connectivity index is 2.35. The second kappa shape index (κ2) is 5.92. The first kappa shape index (κ1) is 15.6. The van der Waals surface area contributed by atoms with Crippen molar-refractivity contribution in [3.8, 4) is 0 Å². The maximum Gasteiger partial charge on any atom is 0.433 e. The van der Waals surface area contributed by atoms with E-state index in [1.54, 1.807) is 20.8 Å². The number of rotatable bonds is 4. The molecule has 2 rings (SSSR count). The minimum absolute atomic E-state index is 0.0742. The Hall–Kier alpha value is -1.77. The van der Waals surface area contributed by atoms with Crippen LogP contribution in [0.4, 0.5) is 19.1 Å². The minimum atomic E-state index is -4.54. The van der Waals surface area contributed by atoms with Gasteiger partial charge >= 0.3 is 6.18 Å². The van der Waals surface area contributed by atoms with Gasteiger partial charge in [-0.05, 0) is 32.5 Å². The molecule has 0 atom stereocenters. The monoisotopic (exact) mass is 318 g/mol. The Kier molecular flexibility index (Phi) is 4.40. The number of nitrogens with zero attached hydrogens (tertiary/aromatic N) is 3. The van der Waals surface area contributed by atoms with Crippen LogP contribution in [0, 0.1) is 13.8 Å². The molecule has 0 fully saturated rings. The van der Waals surface area contributed by atoms with E-state index in [9.17, 15) is 13.2 Å². The van der Waals surface area contributed by atoms with Crippen molar-refractivity contribution in [1.82, 2.24) is 15.0 Å². The molecule has 114 valence electrons. The van der Waals surface area contributed by atoms with Crippen LogP contribution in [0.2, 0.25) is 0 Å². The predicted octanol–water partition coefficient (Wildman–Crippen LogP) is 3.68. The van der Waals surface area contributed by atoms with Crippen LogP contribution in [0.1, 0.15) is 24.1 Å². The fourth-order valence-electron chi connectivity index (χ4n) is 1.44. The van der Waals surface area contributed by atoms with E-state index >= 15 is 0 Å². The number of hydrogen-bond donors (Lipinski definition) is 1. The van der Waals surface area contributed by atoms with Crippen molar-refractivity contribution in [2.75, 3.05) is 11.9 Å². The van der Waals surface area contributed by atoms with Gasteiger partial charge in [0.05, 0.1) is 5.69 Å². The molecular weight excluding hydrogens is 305 g/mol. The van der Waals surface area contributed by atoms with Crippen molar-refractivity contribution < 1.29 is 17.6 Å². The van der Waals surface area contributed by atoms with Gasteiger partial charge in [-0.25, -0.2) is 15.0 Å². The summed E-state index contributed by atoms with van der Waals surface area (Å²) in [6.45, 7) is 5.66. The van der Waals surface area contributed by atoms with Crippen molar-refractivity contribution in [3.05, 3.63) is 23.2 Å². The standard InChI is InChI=1S/C12H13F3N4OS/c1-4-16-10-18-8(12(13,14)15)5-9(19-10)21-11-17-6(2)7(3)20-11/h5H,4H2,1-3H3,(H,16,18,19). The second-order valence-corrected chi connectivity index (χ2v) is 5.14. The Bertz CT molecular complexity index is 622. The third-order valence-electron chi connectivity index (χ3n) is 2.53. The number of nitrogens with one attached hydrogen (secondary N) is 1. The highest BCUT2D eigenvalue weighted by Gasteiger charge is 2.34. The van der Waals surface area contributed by atoms with E-state index in [0.29, 0.717) is 18.0 Å². The Morgan fingerprint density at radius 3 is 2.48 bits per heavy atom. The molecule has 9 heteroatoms. The molecule has 21 heavy (non-hydrogen) atoms. The molecule has 0 aliphatic rings. The van der Waals surface area contributed by atoms with Gasteiger partial charge in [-0.1, -0.05) is 0 Å². The van der Waals surface area contributed by atoms with E-state index in [1.165, 1.54) is 0 Å². The average Bonchev–Trinajstić information content (AvgIpc) is 2.67. The Labute approximate surface area is 123 Å². The molecule has 2 heterocycles. The highest BCUT2D eigenvalue weighted by atomic mass is 32.2. The zero-order chi connectivity index (χ0) is 15.6. The second-order valence-electron chi connectivity index (χ2n) is 4.17. The quantitative estimate of drug-likeness (QED) is 0.868. The maximum atomic E-state index is 12.8. The van der Waals surface area contributed by atoms with Crippen molar-refractivity contribution in [1.29, 1.82) is 0 Å². The number of oxazole rings is 1. The molecule has 2 aromatic heterocycles. The van der Waals surface area contributed by atoms with Crippen LogP contribution in [0.3, 0.4) is 0 Å². The first-order valence-electron chi connectivity index (χ1n) is 6.11. The lowest BCUT2D eigenvalue weighted by atomic mass is 10.4. The van der Waals surface area contributed by atoms with Gasteiger partial charge in [0.15, 0.2) is 5.69 Å². The van der Waals surface area contributed by atoms with Crippen molar-refractivity contribution >= 4 is 17.7 Å². The van der Waals surface area contributed by atoms with E-state index in [-0.39, 0.29) is 16.2 Å². The number of aryl methyl sites for hydroxylation is 2. The van der Waals surface area contributed by atoms with Gasteiger partial charge in [-0.15, -0.1) is 0 Å². The van der Waals surface area contributed by atoms with Crippen LogP contribution in [0.15, 0.2) is 20.7 Å². The topological polar surface area (TPSA) is 63.8 Å². The van der Waals surface area contributed by atoms with Gasteiger partial charge in [-0.2, -0.15) is 13.2 Å². The molecule has 0 aliphatic carbocycles. The van der Waals surface area contributed by atoms with Gasteiger partial charge in [0.2, 0.25) is 5.95 Å². The lowest BCUT2D eigenvalue weighted by molar-refractivity contribution is -0.141. The summed E-state index contributed by atoms with van der Waals surface area (Å²) in [6, 6.07) is 0.875. The van der Waals surface area contributed by atoms with Gasteiger partial charge in [0, 0.05) is 12.6 Å². The van der Waals surface area contributed by atoms with Crippen LogP contribution >= 0.6 is 11.8 Å². The van der Waals surface area contributed by atoms with Crippen LogP contribution in [-0.2, 0) is 6.18 Å². The normalized spacial score (nSPS) is 11.7. The summed E-state index contributed by atoms with van der Waals surface area (Å²) in [6.07, 6.45) is -4.54. The van der Waals surface area contributed by atoms with E-state index < -0.39 is 11.9 Å². The smallest absolute Gasteiger partial charge is 0.433 e. The van der Waals surface area contributed by atoms with E-state index in [1.807, 2.05) is 0 Å². The first-order valence-corrected chi connectivity index (χ1v) is 6.93. The molecule has 0 saturated heterocycles. The molecular formula is C12H13F3N4OS. The molecule has 0 aromatic carbocycles. The summed E-state index contributed by atoms with van der Waals surface area (Å²) in [5.74, 6) is 0.546. The number of halogens is 3. The summed E-state index contributed by atoms with van der Waals surface area (Å²) >= 11 is 0.924. The lowest BCUT2D eigenvalue weighted by Gasteiger charge is -2.09. The zero-order valence-electron chi connectivity index (χ0n) is 11.6. The molecule has 0 spiro atoms. The SMILES string of the molecule is CCNc1nc(Sc2nc(C)c(C)o2)cc(C(F)(F)F)n1. The van der Waals surface area contributed by atoms with Crippen LogP contribution < -0.4 is 5.32 Å². The number of alkyl halides is 3. The highest BCUT2D eigenvalue weighted by molar-refractivity contribution is 7.99. The van der Waals surface area contributed by atoms with Gasteiger partial charge < -0.3 is 9.73 Å². The molecule has 5 nitrogen and oxygen atoms in total. The van der Waals surface area contributed by atoms with Crippen molar-refractivity contribution in [2.24, 2.45) is 0 Å². The summed E-state index contributed by atoms with van der Waals surface area (Å²) in [5, 5.41) is 3.05. The maximum absolute atomic E-state index is 12.8. The number of hydrogen-bond acceptors (Lipinski definition) is 6. The zero-order valence-corrected chi connectivity index (χ0v) is 12.4. The molecule has 0 unspecified atom stereocenters. The third-order valence-corrected chi connectivity index (χ3v) is 3.30. The molecule has 0 bridgehead atoms. The lowest BCUT2D eigenvalue weighted by Crippen LogP contribution is -2.12. The van der Waals surface area contributed by atoms with Crippen LogP contribution in [0.5, 0.6) is 0 Å². The Morgan fingerprint density at radius 1 is 1.24 bits per heavy atom. The number of anilines is 1. The van der Waals surface area contributed by atoms with E-state index in [2.05, 4.69) is 20.3 Å². The van der Waals surface area contributed by atoms with E-state index in [4.69, 9.17) is 4.42 Å². The Morgan fingerprint density at radius 2 is 1.95 bits per heavy atom. The molecule has 1 N–H and O–H groups in total. The van der Waals surface area contributed by atoms with Gasteiger partial charge in [0.25, 0.3) is 5.22 Å². The highest BCUT2D eigenvalue weighted by Crippen LogP contribution is 2.33. The predicted molar refractivity (Wildman–Crippen MR) is 71.3 cm³/mol. The fraction of sp³-hybridized carbons (Fsp3) is 0.417. The largest absolute Gasteiger partial charge is 0.436 e. The first-order chi connectivity index (χ1) is 9.79. The summed E-state index contributed by atoms with van der Waals surface area (Å²) < 4.78 is 43.8. The molecule has 2 aromatic rings. The molecule has 0 aliphatic heterocycles. The van der Waals surface area contributed by atoms with E-state index in [0.717, 1.165) is 17.8 Å². The van der Waals surface area contributed by atoms with Crippen LogP contribution in [0.25, 0.3) is 0 Å². The van der Waals surface area contributed by atoms with Crippen LogP contribution in [-0.4, -0.2) is 21.5 Å². The fourth-order valence-corrected chi connectivity index (χ4v) is 2.27. The summed E-state index contributed by atoms with van der Waals surface area (Å²) in [7, 11) is 0. The number of aromatic nitrogens is 3. The van der Waals surface area contributed by atoms with Gasteiger partial charge in [0.1, 0.15) is 10.8 Å². The van der Waals surface area contributed by atoms with Gasteiger partial charge in [-0.3, -0.25) is 0 Å². The molecule has 0 amide bonds. The average molecular weight is 318 g/mol. The minimum Gasteiger partial charge on any atom is -0.436 e. The molecule has 0 radical (unpaired) electrons. The van der Waals surface area contributed by atoms with Crippen molar-refractivity contribution in [3.63, 3.8) is 0 Å². The summed E-state index contributed by atoms with van der Waals surface area (Å²) in [4.78, 5) is 11.6. The molecule has 0 saturated carbocycles. The third kappa shape index (κ3) is 3.87. The summed E-state index contributed by atoms with van der Waals surface area (Å²) in [5.41, 5.74) is -0.314. The van der Waals surface area contributed by atoms with Crippen molar-refractivity contribution in [2.45, 2.75) is 37.2 Å².